The lowest BCUT2D eigenvalue weighted by Gasteiger charge is -2.18. The Labute approximate surface area is 152 Å². The van der Waals surface area contributed by atoms with Crippen molar-refractivity contribution >= 4 is 35.2 Å². The minimum atomic E-state index is -1.39. The maximum Gasteiger partial charge on any atom is 0.325 e. The van der Waals surface area contributed by atoms with Gasteiger partial charge in [-0.3, -0.25) is 19.8 Å². The molecule has 9 nitrogen and oxygen atoms in total. The molecule has 26 heavy (non-hydrogen) atoms. The number of nitrogens with one attached hydrogen (secondary N) is 3. The van der Waals surface area contributed by atoms with E-state index in [0.717, 1.165) is 9.78 Å². The second-order valence-electron chi connectivity index (χ2n) is 5.73. The van der Waals surface area contributed by atoms with Gasteiger partial charge in [0.2, 0.25) is 5.91 Å². The van der Waals surface area contributed by atoms with E-state index >= 15 is 0 Å². The summed E-state index contributed by atoms with van der Waals surface area (Å²) in [4.78, 5) is 50.0. The summed E-state index contributed by atoms with van der Waals surface area (Å²) in [5, 5.41) is 8.98. The van der Waals surface area contributed by atoms with Crippen LogP contribution < -0.4 is 16.0 Å². The smallest absolute Gasteiger partial charge is 0.325 e. The number of imide groups is 2. The summed E-state index contributed by atoms with van der Waals surface area (Å²) in [7, 11) is 0. The van der Waals surface area contributed by atoms with Crippen LogP contribution in [0.3, 0.4) is 0 Å². The molecule has 2 aromatic heterocycles. The van der Waals surface area contributed by atoms with Crippen LogP contribution in [0.5, 0.6) is 0 Å². The third kappa shape index (κ3) is 3.45. The number of thiophene rings is 1. The highest BCUT2D eigenvalue weighted by Gasteiger charge is 2.51. The molecule has 136 valence electrons. The van der Waals surface area contributed by atoms with Gasteiger partial charge in [-0.2, -0.15) is 0 Å². The number of carbonyl (C=O) groups excluding carboxylic acids is 4. The Morgan fingerprint density at radius 2 is 2.12 bits per heavy atom. The molecule has 1 saturated heterocycles. The fraction of sp³-hybridized carbons (Fsp3) is 0.250. The van der Waals surface area contributed by atoms with Gasteiger partial charge in [-0.15, -0.1) is 11.3 Å². The fourth-order valence-corrected chi connectivity index (χ4v) is 3.15. The molecule has 1 atom stereocenters. The van der Waals surface area contributed by atoms with Crippen LogP contribution in [0, 0.1) is 0 Å². The van der Waals surface area contributed by atoms with Crippen molar-refractivity contribution in [3.05, 3.63) is 46.5 Å². The summed E-state index contributed by atoms with van der Waals surface area (Å²) in [6.45, 7) is 1.18. The van der Waals surface area contributed by atoms with Gasteiger partial charge in [0.25, 0.3) is 5.91 Å². The summed E-state index contributed by atoms with van der Waals surface area (Å²) >= 11 is 1.47. The number of carbonyl (C=O) groups is 4. The van der Waals surface area contributed by atoms with Gasteiger partial charge < -0.3 is 15.1 Å². The predicted octanol–water partition coefficient (Wildman–Crippen LogP) is 1.13. The van der Waals surface area contributed by atoms with Crippen LogP contribution in [0.1, 0.15) is 17.6 Å². The molecule has 3 rings (SSSR count). The number of amides is 6. The van der Waals surface area contributed by atoms with E-state index in [4.69, 9.17) is 4.42 Å². The largest absolute Gasteiger partial charge is 0.466 e. The Kier molecular flexibility index (Phi) is 4.76. The van der Waals surface area contributed by atoms with Crippen LogP contribution in [-0.2, 0) is 21.7 Å². The van der Waals surface area contributed by atoms with Crippen molar-refractivity contribution in [1.29, 1.82) is 0 Å². The topological polar surface area (TPSA) is 121 Å². The van der Waals surface area contributed by atoms with Gasteiger partial charge in [-0.25, -0.2) is 9.59 Å². The Morgan fingerprint density at radius 3 is 2.77 bits per heavy atom. The van der Waals surface area contributed by atoms with Crippen LogP contribution in [0.15, 0.2) is 40.3 Å². The van der Waals surface area contributed by atoms with E-state index in [1.807, 2.05) is 17.5 Å². The third-order valence-corrected chi connectivity index (χ3v) is 4.72. The molecule has 0 bridgehead atoms. The standard InChI is InChI=1S/C16H16N4O5S/c1-16(11-5-2-6-25-11)13(22)20(15(24)19-16)9-12(21)18-14(23)17-8-10-4-3-7-26-10/h2-7H,8-9H2,1H3,(H,19,24)(H2,17,18,21,23). The van der Waals surface area contributed by atoms with Crippen molar-refractivity contribution in [3.63, 3.8) is 0 Å². The van der Waals surface area contributed by atoms with Crippen molar-refractivity contribution < 1.29 is 23.6 Å². The zero-order valence-electron chi connectivity index (χ0n) is 13.8. The minimum absolute atomic E-state index is 0.257. The summed E-state index contributed by atoms with van der Waals surface area (Å²) in [6, 6.07) is 5.40. The summed E-state index contributed by atoms with van der Waals surface area (Å²) in [5.74, 6) is -1.15. The maximum atomic E-state index is 12.5. The van der Waals surface area contributed by atoms with E-state index in [9.17, 15) is 19.2 Å². The second kappa shape index (κ2) is 7.00. The van der Waals surface area contributed by atoms with Crippen molar-refractivity contribution in [2.75, 3.05) is 6.54 Å². The summed E-state index contributed by atoms with van der Waals surface area (Å²) in [6.07, 6.45) is 1.38. The molecular formula is C16H16N4O5S. The molecule has 2 aromatic rings. The first-order chi connectivity index (χ1) is 12.4. The van der Waals surface area contributed by atoms with Crippen LogP contribution >= 0.6 is 11.3 Å². The molecule has 0 saturated carbocycles. The SMILES string of the molecule is CC1(c2ccco2)NC(=O)N(CC(=O)NC(=O)NCc2cccs2)C1=O. The second-order valence-corrected chi connectivity index (χ2v) is 6.77. The van der Waals surface area contributed by atoms with Crippen LogP contribution in [0.25, 0.3) is 0 Å². The third-order valence-electron chi connectivity index (χ3n) is 3.85. The highest BCUT2D eigenvalue weighted by atomic mass is 32.1. The minimum Gasteiger partial charge on any atom is -0.466 e. The highest BCUT2D eigenvalue weighted by Crippen LogP contribution is 2.28. The lowest BCUT2D eigenvalue weighted by atomic mass is 9.99. The zero-order valence-corrected chi connectivity index (χ0v) is 14.6. The highest BCUT2D eigenvalue weighted by molar-refractivity contribution is 7.09. The van der Waals surface area contributed by atoms with Gasteiger partial charge in [0.05, 0.1) is 12.8 Å². The van der Waals surface area contributed by atoms with Gasteiger partial charge >= 0.3 is 12.1 Å². The van der Waals surface area contributed by atoms with E-state index in [0.29, 0.717) is 0 Å². The molecule has 10 heteroatoms. The van der Waals surface area contributed by atoms with Crippen molar-refractivity contribution in [3.8, 4) is 0 Å². The van der Waals surface area contributed by atoms with Gasteiger partial charge in [-0.1, -0.05) is 6.07 Å². The normalized spacial score (nSPS) is 19.3. The predicted molar refractivity (Wildman–Crippen MR) is 91.0 cm³/mol. The first kappa shape index (κ1) is 17.7. The van der Waals surface area contributed by atoms with Crippen LogP contribution in [-0.4, -0.2) is 35.3 Å². The Balaban J connectivity index is 1.56. The van der Waals surface area contributed by atoms with E-state index in [-0.39, 0.29) is 12.3 Å². The van der Waals surface area contributed by atoms with E-state index in [1.165, 1.54) is 24.5 Å². The Hall–Kier alpha value is -3.14. The van der Waals surface area contributed by atoms with Gasteiger partial charge in [-0.05, 0) is 30.5 Å². The van der Waals surface area contributed by atoms with E-state index in [2.05, 4.69) is 16.0 Å². The molecule has 1 aliphatic heterocycles. The molecule has 1 fully saturated rings. The average Bonchev–Trinajstić information content (AvgIpc) is 3.32. The quantitative estimate of drug-likeness (QED) is 0.676. The molecule has 1 unspecified atom stereocenters. The molecular weight excluding hydrogens is 360 g/mol. The molecule has 0 radical (unpaired) electrons. The molecule has 6 amide bonds. The lowest BCUT2D eigenvalue weighted by Crippen LogP contribution is -2.46. The van der Waals surface area contributed by atoms with Gasteiger partial charge in [0.1, 0.15) is 12.3 Å². The van der Waals surface area contributed by atoms with Crippen molar-refractivity contribution in [2.45, 2.75) is 19.0 Å². The maximum absolute atomic E-state index is 12.5. The average molecular weight is 376 g/mol. The number of nitrogens with zero attached hydrogens (tertiary/aromatic N) is 1. The molecule has 3 heterocycles. The number of hydrogen-bond donors (Lipinski definition) is 3. The number of hydrogen-bond acceptors (Lipinski definition) is 6. The number of furan rings is 1. The van der Waals surface area contributed by atoms with Crippen molar-refractivity contribution in [2.24, 2.45) is 0 Å². The monoisotopic (exact) mass is 376 g/mol. The number of rotatable bonds is 5. The lowest BCUT2D eigenvalue weighted by molar-refractivity contribution is -0.135. The molecule has 0 aliphatic carbocycles. The summed E-state index contributed by atoms with van der Waals surface area (Å²) < 4.78 is 5.20. The van der Waals surface area contributed by atoms with E-state index < -0.39 is 36.0 Å². The van der Waals surface area contributed by atoms with Crippen LogP contribution in [0.2, 0.25) is 0 Å². The first-order valence-electron chi connectivity index (χ1n) is 7.68. The molecule has 0 spiro atoms. The van der Waals surface area contributed by atoms with Gasteiger partial charge in [0.15, 0.2) is 5.54 Å². The molecule has 1 aliphatic rings. The van der Waals surface area contributed by atoms with Crippen LogP contribution in [0.4, 0.5) is 9.59 Å². The molecule has 3 N–H and O–H groups in total. The number of urea groups is 2. The summed E-state index contributed by atoms with van der Waals surface area (Å²) in [5.41, 5.74) is -1.39. The molecule has 0 aromatic carbocycles. The first-order valence-corrected chi connectivity index (χ1v) is 8.56. The Morgan fingerprint density at radius 1 is 1.31 bits per heavy atom. The van der Waals surface area contributed by atoms with E-state index in [1.54, 1.807) is 12.1 Å². The van der Waals surface area contributed by atoms with Gasteiger partial charge in [0, 0.05) is 4.88 Å². The Bertz CT molecular complexity index is 833. The zero-order chi connectivity index (χ0) is 18.7. The fourth-order valence-electron chi connectivity index (χ4n) is 2.51. The van der Waals surface area contributed by atoms with Crippen molar-refractivity contribution in [1.82, 2.24) is 20.9 Å².